The summed E-state index contributed by atoms with van der Waals surface area (Å²) >= 11 is 0. The molecule has 0 spiro atoms. The average Bonchev–Trinajstić information content (AvgIpc) is 1.88. The van der Waals surface area contributed by atoms with E-state index in [-0.39, 0.29) is 6.23 Å². The lowest BCUT2D eigenvalue weighted by Gasteiger charge is -2.14. The van der Waals surface area contributed by atoms with Crippen molar-refractivity contribution in [3.63, 3.8) is 0 Å². The normalized spacial score (nSPS) is 16.8. The van der Waals surface area contributed by atoms with Crippen molar-refractivity contribution in [2.24, 2.45) is 5.92 Å². The first-order chi connectivity index (χ1) is 4.70. The van der Waals surface area contributed by atoms with Gasteiger partial charge in [0, 0.05) is 0 Å². The molecule has 0 saturated heterocycles. The molecule has 0 aromatic carbocycles. The van der Waals surface area contributed by atoms with Crippen LogP contribution >= 0.6 is 0 Å². The summed E-state index contributed by atoms with van der Waals surface area (Å²) in [4.78, 5) is 0. The molecule has 0 aliphatic rings. The molecule has 0 radical (unpaired) electrons. The lowest BCUT2D eigenvalue weighted by molar-refractivity contribution is 0.112. The maximum Gasteiger partial charge on any atom is 0.105 e. The van der Waals surface area contributed by atoms with Gasteiger partial charge in [-0.2, -0.15) is 0 Å². The number of nitrogens with one attached hydrogen (secondary N) is 1. The van der Waals surface area contributed by atoms with Crippen molar-refractivity contribution in [1.29, 1.82) is 0 Å². The van der Waals surface area contributed by atoms with Crippen molar-refractivity contribution in [2.75, 3.05) is 6.54 Å². The molecule has 0 aromatic heterocycles. The highest BCUT2D eigenvalue weighted by Crippen LogP contribution is 2.07. The SMILES string of the molecule is CCNC(O)CC(C)CC. The zero-order chi connectivity index (χ0) is 7.98. The predicted molar refractivity (Wildman–Crippen MR) is 43.8 cm³/mol. The monoisotopic (exact) mass is 145 g/mol. The molecule has 62 valence electrons. The summed E-state index contributed by atoms with van der Waals surface area (Å²) in [6, 6.07) is 0. The van der Waals surface area contributed by atoms with Crippen LogP contribution in [-0.4, -0.2) is 17.9 Å². The van der Waals surface area contributed by atoms with Gasteiger partial charge in [-0.25, -0.2) is 0 Å². The van der Waals surface area contributed by atoms with Gasteiger partial charge in [0.1, 0.15) is 6.23 Å². The predicted octanol–water partition coefficient (Wildman–Crippen LogP) is 1.35. The van der Waals surface area contributed by atoms with Crippen molar-refractivity contribution >= 4 is 0 Å². The lowest BCUT2D eigenvalue weighted by Crippen LogP contribution is -2.29. The highest BCUT2D eigenvalue weighted by molar-refractivity contribution is 4.56. The minimum Gasteiger partial charge on any atom is -0.379 e. The van der Waals surface area contributed by atoms with E-state index in [4.69, 9.17) is 0 Å². The van der Waals surface area contributed by atoms with Crippen molar-refractivity contribution in [1.82, 2.24) is 5.32 Å². The van der Waals surface area contributed by atoms with Gasteiger partial charge in [-0.05, 0) is 18.9 Å². The zero-order valence-electron chi connectivity index (χ0n) is 7.22. The Balaban J connectivity index is 3.27. The summed E-state index contributed by atoms with van der Waals surface area (Å²) < 4.78 is 0. The highest BCUT2D eigenvalue weighted by Gasteiger charge is 2.05. The summed E-state index contributed by atoms with van der Waals surface area (Å²) in [5.74, 6) is 0.619. The third kappa shape index (κ3) is 4.77. The Kier molecular flexibility index (Phi) is 5.64. The van der Waals surface area contributed by atoms with E-state index in [9.17, 15) is 5.11 Å². The fourth-order valence-electron chi connectivity index (χ4n) is 0.867. The number of hydrogen-bond donors (Lipinski definition) is 2. The fourth-order valence-corrected chi connectivity index (χ4v) is 0.867. The van der Waals surface area contributed by atoms with Gasteiger partial charge in [-0.1, -0.05) is 27.2 Å². The maximum atomic E-state index is 9.24. The molecular formula is C8H19NO. The van der Waals surface area contributed by atoms with Gasteiger partial charge in [0.15, 0.2) is 0 Å². The quantitative estimate of drug-likeness (QED) is 0.572. The number of aliphatic hydroxyl groups excluding tert-OH is 1. The Hall–Kier alpha value is -0.0800. The van der Waals surface area contributed by atoms with Crippen LogP contribution in [0.3, 0.4) is 0 Å². The third-order valence-corrected chi connectivity index (χ3v) is 1.76. The Morgan fingerprint density at radius 3 is 2.40 bits per heavy atom. The summed E-state index contributed by atoms with van der Waals surface area (Å²) in [7, 11) is 0. The van der Waals surface area contributed by atoms with Crippen molar-refractivity contribution in [3.8, 4) is 0 Å². The fraction of sp³-hybridized carbons (Fsp3) is 1.00. The molecule has 2 unspecified atom stereocenters. The third-order valence-electron chi connectivity index (χ3n) is 1.76. The van der Waals surface area contributed by atoms with Crippen LogP contribution in [0.2, 0.25) is 0 Å². The molecular weight excluding hydrogens is 126 g/mol. The van der Waals surface area contributed by atoms with Crippen LogP contribution < -0.4 is 5.32 Å². The minimum atomic E-state index is -0.306. The van der Waals surface area contributed by atoms with Gasteiger partial charge in [0.2, 0.25) is 0 Å². The average molecular weight is 145 g/mol. The van der Waals surface area contributed by atoms with E-state index in [2.05, 4.69) is 19.2 Å². The van der Waals surface area contributed by atoms with E-state index in [1.54, 1.807) is 0 Å². The first-order valence-corrected chi connectivity index (χ1v) is 4.12. The van der Waals surface area contributed by atoms with Gasteiger partial charge in [0.05, 0.1) is 0 Å². The van der Waals surface area contributed by atoms with Crippen LogP contribution in [0.5, 0.6) is 0 Å². The van der Waals surface area contributed by atoms with Crippen LogP contribution in [0.25, 0.3) is 0 Å². The highest BCUT2D eigenvalue weighted by atomic mass is 16.3. The van der Waals surface area contributed by atoms with E-state index in [1.807, 2.05) is 6.92 Å². The Morgan fingerprint density at radius 1 is 1.40 bits per heavy atom. The zero-order valence-corrected chi connectivity index (χ0v) is 7.22. The molecule has 0 aliphatic heterocycles. The van der Waals surface area contributed by atoms with Crippen LogP contribution in [-0.2, 0) is 0 Å². The van der Waals surface area contributed by atoms with Gasteiger partial charge >= 0.3 is 0 Å². The first-order valence-electron chi connectivity index (χ1n) is 4.12. The molecule has 0 saturated carbocycles. The standard InChI is InChI=1S/C8H19NO/c1-4-7(3)6-8(10)9-5-2/h7-10H,4-6H2,1-3H3. The second kappa shape index (κ2) is 5.69. The van der Waals surface area contributed by atoms with Gasteiger partial charge < -0.3 is 5.11 Å². The van der Waals surface area contributed by atoms with Crippen LogP contribution in [0.1, 0.15) is 33.6 Å². The van der Waals surface area contributed by atoms with Crippen LogP contribution in [0.4, 0.5) is 0 Å². The Bertz CT molecular complexity index is 75.7. The summed E-state index contributed by atoms with van der Waals surface area (Å²) in [5.41, 5.74) is 0. The van der Waals surface area contributed by atoms with E-state index < -0.39 is 0 Å². The first kappa shape index (κ1) is 9.92. The topological polar surface area (TPSA) is 32.3 Å². The summed E-state index contributed by atoms with van der Waals surface area (Å²) in [6.07, 6.45) is 1.70. The molecule has 2 heteroatoms. The molecule has 10 heavy (non-hydrogen) atoms. The van der Waals surface area contributed by atoms with Gasteiger partial charge in [-0.15, -0.1) is 0 Å². The van der Waals surface area contributed by atoms with Crippen molar-refractivity contribution < 1.29 is 5.11 Å². The molecule has 0 bridgehead atoms. The minimum absolute atomic E-state index is 0.306. The molecule has 0 heterocycles. The molecule has 0 aliphatic carbocycles. The van der Waals surface area contributed by atoms with E-state index in [0.29, 0.717) is 5.92 Å². The van der Waals surface area contributed by atoms with Gasteiger partial charge in [0.25, 0.3) is 0 Å². The number of rotatable bonds is 5. The van der Waals surface area contributed by atoms with Crippen molar-refractivity contribution in [2.45, 2.75) is 39.8 Å². The largest absolute Gasteiger partial charge is 0.379 e. The van der Waals surface area contributed by atoms with Gasteiger partial charge in [-0.3, -0.25) is 5.32 Å². The molecule has 0 fully saturated rings. The van der Waals surface area contributed by atoms with E-state index in [1.165, 1.54) is 0 Å². The second-order valence-electron chi connectivity index (χ2n) is 2.82. The second-order valence-corrected chi connectivity index (χ2v) is 2.82. The van der Waals surface area contributed by atoms with E-state index in [0.717, 1.165) is 19.4 Å². The van der Waals surface area contributed by atoms with Crippen molar-refractivity contribution in [3.05, 3.63) is 0 Å². The van der Waals surface area contributed by atoms with Crippen LogP contribution in [0, 0.1) is 5.92 Å². The maximum absolute atomic E-state index is 9.24. The van der Waals surface area contributed by atoms with E-state index >= 15 is 0 Å². The molecule has 2 N–H and O–H groups in total. The number of hydrogen-bond acceptors (Lipinski definition) is 2. The molecule has 0 rings (SSSR count). The molecule has 2 atom stereocenters. The lowest BCUT2D eigenvalue weighted by atomic mass is 10.0. The molecule has 2 nitrogen and oxygen atoms in total. The number of aliphatic hydroxyl groups is 1. The molecule has 0 amide bonds. The smallest absolute Gasteiger partial charge is 0.105 e. The Labute approximate surface area is 63.6 Å². The summed E-state index contributed by atoms with van der Waals surface area (Å²) in [5, 5.41) is 12.2. The molecule has 0 aromatic rings. The summed E-state index contributed by atoms with van der Waals surface area (Å²) in [6.45, 7) is 7.14. The Morgan fingerprint density at radius 2 is 2.00 bits per heavy atom. The van der Waals surface area contributed by atoms with Crippen LogP contribution in [0.15, 0.2) is 0 Å².